The molecule has 1 saturated heterocycles. The molecule has 0 aliphatic carbocycles. The first-order valence-electron chi connectivity index (χ1n) is 11.4. The van der Waals surface area contributed by atoms with E-state index in [0.717, 1.165) is 0 Å². The molecule has 192 valence electrons. The number of nitrogens with zero attached hydrogens (tertiary/aromatic N) is 2. The lowest BCUT2D eigenvalue weighted by Crippen LogP contribution is -2.48. The number of hydrazone groups is 1. The normalized spacial score (nSPS) is 14.5. The molecule has 3 amide bonds. The first kappa shape index (κ1) is 27.4. The van der Waals surface area contributed by atoms with Gasteiger partial charge in [-0.2, -0.15) is 5.10 Å². The van der Waals surface area contributed by atoms with E-state index < -0.39 is 17.9 Å². The fraction of sp³-hybridized carbons (Fsp3) is 0.360. The number of nitrogens with one attached hydrogen (secondary N) is 2. The summed E-state index contributed by atoms with van der Waals surface area (Å²) in [5, 5.41) is 7.27. The minimum Gasteiger partial charge on any atom is -0.484 e. The first-order chi connectivity index (χ1) is 17.2. The average Bonchev–Trinajstić information content (AvgIpc) is 2.88. The van der Waals surface area contributed by atoms with Gasteiger partial charge in [-0.05, 0) is 53.9 Å². The van der Waals surface area contributed by atoms with Crippen molar-refractivity contribution in [1.82, 2.24) is 15.6 Å². The molecular formula is C25H28Cl2N4O5. The Balaban J connectivity index is 1.50. The lowest BCUT2D eigenvalue weighted by atomic mass is 10.0. The maximum Gasteiger partial charge on any atom is 0.262 e. The van der Waals surface area contributed by atoms with Crippen molar-refractivity contribution in [1.29, 1.82) is 0 Å². The number of morpholine rings is 1. The third-order valence-electron chi connectivity index (χ3n) is 5.41. The largest absolute Gasteiger partial charge is 0.484 e. The Morgan fingerprint density at radius 3 is 2.42 bits per heavy atom. The zero-order valence-corrected chi connectivity index (χ0v) is 21.5. The van der Waals surface area contributed by atoms with Crippen LogP contribution in [0.1, 0.15) is 29.8 Å². The smallest absolute Gasteiger partial charge is 0.262 e. The van der Waals surface area contributed by atoms with Gasteiger partial charge in [0.25, 0.3) is 17.7 Å². The summed E-state index contributed by atoms with van der Waals surface area (Å²) in [6, 6.07) is 10.6. The van der Waals surface area contributed by atoms with E-state index in [4.69, 9.17) is 32.7 Å². The molecule has 0 radical (unpaired) electrons. The summed E-state index contributed by atoms with van der Waals surface area (Å²) in [6.07, 6.45) is 1.47. The van der Waals surface area contributed by atoms with Gasteiger partial charge in [0, 0.05) is 18.7 Å². The van der Waals surface area contributed by atoms with Gasteiger partial charge in [-0.15, -0.1) is 0 Å². The molecule has 1 aliphatic rings. The highest BCUT2D eigenvalue weighted by molar-refractivity contribution is 6.42. The third-order valence-corrected chi connectivity index (χ3v) is 6.15. The van der Waals surface area contributed by atoms with Crippen molar-refractivity contribution in [3.63, 3.8) is 0 Å². The van der Waals surface area contributed by atoms with Crippen molar-refractivity contribution in [2.45, 2.75) is 19.9 Å². The van der Waals surface area contributed by atoms with E-state index in [1.54, 1.807) is 29.2 Å². The molecule has 2 aromatic rings. The van der Waals surface area contributed by atoms with Crippen LogP contribution in [0.2, 0.25) is 10.0 Å². The van der Waals surface area contributed by atoms with E-state index in [1.165, 1.54) is 24.4 Å². The van der Waals surface area contributed by atoms with Gasteiger partial charge in [-0.1, -0.05) is 37.0 Å². The second-order valence-corrected chi connectivity index (χ2v) is 9.22. The van der Waals surface area contributed by atoms with Crippen molar-refractivity contribution < 1.29 is 23.9 Å². The van der Waals surface area contributed by atoms with Crippen molar-refractivity contribution in [3.8, 4) is 5.75 Å². The Morgan fingerprint density at radius 2 is 1.78 bits per heavy atom. The Kier molecular flexibility index (Phi) is 10.1. The molecule has 1 heterocycles. The molecule has 0 bridgehead atoms. The molecule has 2 N–H and O–H groups in total. The van der Waals surface area contributed by atoms with Gasteiger partial charge in [0.2, 0.25) is 0 Å². The summed E-state index contributed by atoms with van der Waals surface area (Å²) in [5.41, 5.74) is 3.46. The zero-order chi connectivity index (χ0) is 26.1. The predicted molar refractivity (Wildman–Crippen MR) is 138 cm³/mol. The molecule has 1 atom stereocenters. The van der Waals surface area contributed by atoms with Gasteiger partial charge in [0.05, 0.1) is 29.5 Å². The molecule has 0 saturated carbocycles. The molecule has 36 heavy (non-hydrogen) atoms. The van der Waals surface area contributed by atoms with E-state index in [-0.39, 0.29) is 23.5 Å². The summed E-state index contributed by atoms with van der Waals surface area (Å²) in [4.78, 5) is 39.1. The molecule has 11 heteroatoms. The fourth-order valence-corrected chi connectivity index (χ4v) is 3.63. The molecule has 1 fully saturated rings. The number of hydrogen-bond acceptors (Lipinski definition) is 6. The molecule has 9 nitrogen and oxygen atoms in total. The second-order valence-electron chi connectivity index (χ2n) is 8.41. The number of benzene rings is 2. The second kappa shape index (κ2) is 13.2. The quantitative estimate of drug-likeness (QED) is 0.379. The monoisotopic (exact) mass is 534 g/mol. The third kappa shape index (κ3) is 7.94. The van der Waals surface area contributed by atoms with Gasteiger partial charge in [-0.25, -0.2) is 5.43 Å². The number of halogens is 2. The van der Waals surface area contributed by atoms with Crippen LogP contribution in [-0.4, -0.2) is 67.8 Å². The van der Waals surface area contributed by atoms with E-state index in [2.05, 4.69) is 15.8 Å². The highest BCUT2D eigenvalue weighted by atomic mass is 35.5. The van der Waals surface area contributed by atoms with Crippen LogP contribution in [0, 0.1) is 5.92 Å². The van der Waals surface area contributed by atoms with Crippen LogP contribution in [0.5, 0.6) is 5.75 Å². The molecule has 0 spiro atoms. The highest BCUT2D eigenvalue weighted by Gasteiger charge is 2.25. The van der Waals surface area contributed by atoms with E-state index in [0.29, 0.717) is 48.2 Å². The number of rotatable bonds is 9. The molecular weight excluding hydrogens is 507 g/mol. The van der Waals surface area contributed by atoms with Crippen LogP contribution in [0.4, 0.5) is 0 Å². The lowest BCUT2D eigenvalue weighted by Gasteiger charge is -2.26. The minimum absolute atomic E-state index is 0.0476. The number of hydrogen-bond donors (Lipinski definition) is 2. The summed E-state index contributed by atoms with van der Waals surface area (Å²) in [6.45, 7) is 5.79. The number of carbonyl (C=O) groups is 3. The van der Waals surface area contributed by atoms with Gasteiger partial charge in [0.15, 0.2) is 6.61 Å². The van der Waals surface area contributed by atoms with Crippen molar-refractivity contribution >= 4 is 47.1 Å². The van der Waals surface area contributed by atoms with E-state index >= 15 is 0 Å². The van der Waals surface area contributed by atoms with Crippen LogP contribution >= 0.6 is 23.2 Å². The summed E-state index contributed by atoms with van der Waals surface area (Å²) in [5.74, 6) is -0.644. The number of ether oxygens (including phenoxy) is 2. The molecule has 1 aliphatic heterocycles. The van der Waals surface area contributed by atoms with Crippen LogP contribution in [0.25, 0.3) is 0 Å². The Labute approximate surface area is 219 Å². The highest BCUT2D eigenvalue weighted by Crippen LogP contribution is 2.22. The van der Waals surface area contributed by atoms with Crippen LogP contribution < -0.4 is 15.5 Å². The zero-order valence-electron chi connectivity index (χ0n) is 20.0. The van der Waals surface area contributed by atoms with Crippen LogP contribution in [-0.2, 0) is 14.3 Å². The molecule has 2 aromatic carbocycles. The minimum atomic E-state index is -0.816. The van der Waals surface area contributed by atoms with Crippen molar-refractivity contribution in [2.24, 2.45) is 11.0 Å². The standard InChI is InChI=1S/C25H28Cl2N4O5/c1-16(2)23(29-24(33)18-5-8-20(26)21(27)13-18)25(34)30-28-14-17-3-6-19(7-4-17)36-15-22(32)31-9-11-35-12-10-31/h3-8,13-14,16,23H,9-12,15H2,1-2H3,(H,29,33)(H,30,34). The Morgan fingerprint density at radius 1 is 1.08 bits per heavy atom. The first-order valence-corrected chi connectivity index (χ1v) is 12.2. The topological polar surface area (TPSA) is 109 Å². The lowest BCUT2D eigenvalue weighted by molar-refractivity contribution is -0.137. The summed E-state index contributed by atoms with van der Waals surface area (Å²) >= 11 is 11.9. The van der Waals surface area contributed by atoms with Crippen molar-refractivity contribution in [3.05, 3.63) is 63.6 Å². The van der Waals surface area contributed by atoms with E-state index in [1.807, 2.05) is 13.8 Å². The molecule has 1 unspecified atom stereocenters. The van der Waals surface area contributed by atoms with Crippen LogP contribution in [0.3, 0.4) is 0 Å². The van der Waals surface area contributed by atoms with Gasteiger partial charge >= 0.3 is 0 Å². The molecule has 3 rings (SSSR count). The number of carbonyl (C=O) groups excluding carboxylic acids is 3. The van der Waals surface area contributed by atoms with Gasteiger partial charge in [-0.3, -0.25) is 14.4 Å². The fourth-order valence-electron chi connectivity index (χ4n) is 3.34. The average molecular weight is 535 g/mol. The maximum atomic E-state index is 12.6. The van der Waals surface area contributed by atoms with E-state index in [9.17, 15) is 14.4 Å². The van der Waals surface area contributed by atoms with Crippen molar-refractivity contribution in [2.75, 3.05) is 32.9 Å². The SMILES string of the molecule is CC(C)C(NC(=O)c1ccc(Cl)c(Cl)c1)C(=O)NN=Cc1ccc(OCC(=O)N2CCOCC2)cc1. The summed E-state index contributed by atoms with van der Waals surface area (Å²) < 4.78 is 10.8. The Bertz CT molecular complexity index is 1100. The molecule has 0 aromatic heterocycles. The maximum absolute atomic E-state index is 12.6. The van der Waals surface area contributed by atoms with Crippen LogP contribution in [0.15, 0.2) is 47.6 Å². The van der Waals surface area contributed by atoms with Gasteiger partial charge < -0.3 is 19.7 Å². The predicted octanol–water partition coefficient (Wildman–Crippen LogP) is 3.14. The Hall–Kier alpha value is -3.14. The number of amides is 3. The van der Waals surface area contributed by atoms with Gasteiger partial charge in [0.1, 0.15) is 11.8 Å². The summed E-state index contributed by atoms with van der Waals surface area (Å²) in [7, 11) is 0.